The number of rotatable bonds is 2. The van der Waals surface area contributed by atoms with Gasteiger partial charge < -0.3 is 9.47 Å². The molecule has 1 aromatic carbocycles. The summed E-state index contributed by atoms with van der Waals surface area (Å²) in [4.78, 5) is 0. The molecule has 17 heavy (non-hydrogen) atoms. The van der Waals surface area contributed by atoms with Crippen LogP contribution in [0.4, 0.5) is 0 Å². The molecular weight excluding hydrogens is 282 g/mol. The van der Waals surface area contributed by atoms with E-state index in [1.54, 1.807) is 0 Å². The molecular formula is C13H12BrNO2. The quantitative estimate of drug-likeness (QED) is 0.840. The van der Waals surface area contributed by atoms with E-state index in [9.17, 15) is 5.26 Å². The van der Waals surface area contributed by atoms with Crippen molar-refractivity contribution in [3.63, 3.8) is 0 Å². The average molecular weight is 294 g/mol. The highest BCUT2D eigenvalue weighted by Crippen LogP contribution is 2.51. The number of halogens is 1. The third kappa shape index (κ3) is 1.40. The molecule has 88 valence electrons. The van der Waals surface area contributed by atoms with Crippen LogP contribution in [0.15, 0.2) is 28.7 Å². The summed E-state index contributed by atoms with van der Waals surface area (Å²) < 4.78 is 11.7. The van der Waals surface area contributed by atoms with Gasteiger partial charge in [0.2, 0.25) is 0 Å². The lowest BCUT2D eigenvalue weighted by Crippen LogP contribution is -2.66. The predicted octanol–water partition coefficient (Wildman–Crippen LogP) is 2.26. The Bertz CT molecular complexity index is 486. The fraction of sp³-hybridized carbons (Fsp3) is 0.462. The van der Waals surface area contributed by atoms with Gasteiger partial charge in [0.15, 0.2) is 0 Å². The Kier molecular flexibility index (Phi) is 2.51. The molecule has 3 rings (SSSR count). The monoisotopic (exact) mass is 293 g/mol. The van der Waals surface area contributed by atoms with Crippen LogP contribution >= 0.6 is 15.9 Å². The molecule has 4 heteroatoms. The molecule has 0 spiro atoms. The van der Waals surface area contributed by atoms with E-state index in [0.29, 0.717) is 26.4 Å². The summed E-state index contributed by atoms with van der Waals surface area (Å²) in [5.74, 6) is 0. The van der Waals surface area contributed by atoms with Gasteiger partial charge in [-0.2, -0.15) is 5.26 Å². The van der Waals surface area contributed by atoms with Crippen molar-refractivity contribution in [2.45, 2.75) is 5.41 Å². The zero-order chi connectivity index (χ0) is 11.9. The van der Waals surface area contributed by atoms with Gasteiger partial charge in [0.05, 0.1) is 37.9 Å². The van der Waals surface area contributed by atoms with E-state index in [-0.39, 0.29) is 5.41 Å². The number of ether oxygens (including phenoxy) is 2. The molecule has 0 radical (unpaired) electrons. The Morgan fingerprint density at radius 3 is 2.29 bits per heavy atom. The molecule has 0 aromatic heterocycles. The summed E-state index contributed by atoms with van der Waals surface area (Å²) in [5.41, 5.74) is 0.568. The minimum Gasteiger partial charge on any atom is -0.379 e. The molecule has 2 saturated heterocycles. The van der Waals surface area contributed by atoms with Crippen LogP contribution in [0.1, 0.15) is 5.56 Å². The van der Waals surface area contributed by atoms with Gasteiger partial charge in [-0.3, -0.25) is 0 Å². The van der Waals surface area contributed by atoms with Crippen LogP contribution in [0.5, 0.6) is 0 Å². The minimum absolute atomic E-state index is 0.191. The van der Waals surface area contributed by atoms with Crippen molar-refractivity contribution >= 4 is 15.9 Å². The Morgan fingerprint density at radius 2 is 1.88 bits per heavy atom. The number of nitriles is 1. The smallest absolute Gasteiger partial charge is 0.118 e. The highest BCUT2D eigenvalue weighted by atomic mass is 79.9. The molecule has 2 fully saturated rings. The molecule has 2 aliphatic rings. The van der Waals surface area contributed by atoms with Crippen molar-refractivity contribution in [1.29, 1.82) is 5.26 Å². The second-order valence-electron chi connectivity index (χ2n) is 4.77. The van der Waals surface area contributed by atoms with E-state index in [0.717, 1.165) is 4.47 Å². The summed E-state index contributed by atoms with van der Waals surface area (Å²) in [6, 6.07) is 10.6. The van der Waals surface area contributed by atoms with Crippen LogP contribution < -0.4 is 0 Å². The molecule has 0 N–H and O–H groups in total. The third-order valence-electron chi connectivity index (χ3n) is 3.90. The summed E-state index contributed by atoms with van der Waals surface area (Å²) in [6.07, 6.45) is 0. The molecule has 0 unspecified atom stereocenters. The maximum atomic E-state index is 9.47. The average Bonchev–Trinajstić information content (AvgIpc) is 2.20. The van der Waals surface area contributed by atoms with Crippen molar-refractivity contribution in [2.75, 3.05) is 26.4 Å². The van der Waals surface area contributed by atoms with Crippen molar-refractivity contribution in [1.82, 2.24) is 0 Å². The molecule has 0 saturated carbocycles. The number of hydrogen-bond acceptors (Lipinski definition) is 3. The van der Waals surface area contributed by atoms with Crippen LogP contribution in [-0.2, 0) is 14.9 Å². The largest absolute Gasteiger partial charge is 0.379 e. The lowest BCUT2D eigenvalue weighted by Gasteiger charge is -2.55. The predicted molar refractivity (Wildman–Crippen MR) is 65.5 cm³/mol. The zero-order valence-corrected chi connectivity index (χ0v) is 10.9. The first-order valence-electron chi connectivity index (χ1n) is 5.55. The summed E-state index contributed by atoms with van der Waals surface area (Å²) in [7, 11) is 0. The van der Waals surface area contributed by atoms with Crippen molar-refractivity contribution in [2.24, 2.45) is 5.41 Å². The van der Waals surface area contributed by atoms with Gasteiger partial charge in [-0.15, -0.1) is 0 Å². The summed E-state index contributed by atoms with van der Waals surface area (Å²) in [6.45, 7) is 2.25. The summed E-state index contributed by atoms with van der Waals surface area (Å²) in [5, 5.41) is 9.47. The van der Waals surface area contributed by atoms with Gasteiger partial charge in [-0.05, 0) is 17.7 Å². The van der Waals surface area contributed by atoms with E-state index in [1.807, 2.05) is 12.1 Å². The lowest BCUT2D eigenvalue weighted by atomic mass is 9.58. The molecule has 0 aliphatic carbocycles. The van der Waals surface area contributed by atoms with E-state index in [2.05, 4.69) is 34.1 Å². The first-order chi connectivity index (χ1) is 8.22. The van der Waals surface area contributed by atoms with E-state index < -0.39 is 5.41 Å². The second-order valence-corrected chi connectivity index (χ2v) is 5.69. The molecule has 0 amide bonds. The van der Waals surface area contributed by atoms with Crippen LogP contribution in [0.25, 0.3) is 0 Å². The molecule has 3 nitrogen and oxygen atoms in total. The summed E-state index contributed by atoms with van der Waals surface area (Å²) >= 11 is 3.48. The fourth-order valence-electron chi connectivity index (χ4n) is 2.57. The third-order valence-corrected chi connectivity index (χ3v) is 4.39. The normalized spacial score (nSPS) is 24.2. The zero-order valence-electron chi connectivity index (χ0n) is 9.28. The number of benzene rings is 1. The molecule has 0 bridgehead atoms. The van der Waals surface area contributed by atoms with Crippen molar-refractivity contribution in [3.8, 4) is 6.07 Å². The maximum absolute atomic E-state index is 9.47. The molecule has 2 aliphatic heterocycles. The van der Waals surface area contributed by atoms with Gasteiger partial charge in [0.25, 0.3) is 0 Å². The topological polar surface area (TPSA) is 42.2 Å². The molecule has 0 atom stereocenters. The van der Waals surface area contributed by atoms with Crippen molar-refractivity contribution < 1.29 is 9.47 Å². The Morgan fingerprint density at radius 1 is 1.18 bits per heavy atom. The highest BCUT2D eigenvalue weighted by molar-refractivity contribution is 9.10. The highest BCUT2D eigenvalue weighted by Gasteiger charge is 2.62. The fourth-order valence-corrected chi connectivity index (χ4v) is 2.96. The van der Waals surface area contributed by atoms with Crippen LogP contribution in [-0.4, -0.2) is 26.4 Å². The van der Waals surface area contributed by atoms with Crippen LogP contribution in [0, 0.1) is 16.7 Å². The SMILES string of the molecule is N#CC1(C2(c3cccc(Br)c3)COC2)COC1. The lowest BCUT2D eigenvalue weighted by molar-refractivity contribution is -0.201. The van der Waals surface area contributed by atoms with Crippen molar-refractivity contribution in [3.05, 3.63) is 34.3 Å². The number of nitrogens with zero attached hydrogens (tertiary/aromatic N) is 1. The number of hydrogen-bond donors (Lipinski definition) is 0. The van der Waals surface area contributed by atoms with Gasteiger partial charge in [-0.1, -0.05) is 28.1 Å². The first kappa shape index (κ1) is 11.2. The van der Waals surface area contributed by atoms with E-state index in [1.165, 1.54) is 5.56 Å². The Labute approximate surface area is 108 Å². The Balaban J connectivity index is 2.06. The van der Waals surface area contributed by atoms with Gasteiger partial charge in [0.1, 0.15) is 5.41 Å². The van der Waals surface area contributed by atoms with Gasteiger partial charge >= 0.3 is 0 Å². The van der Waals surface area contributed by atoms with Crippen LogP contribution in [0.2, 0.25) is 0 Å². The van der Waals surface area contributed by atoms with E-state index in [4.69, 9.17) is 9.47 Å². The molecule has 1 aromatic rings. The molecule has 2 heterocycles. The Hall–Kier alpha value is -0.890. The first-order valence-corrected chi connectivity index (χ1v) is 6.35. The van der Waals surface area contributed by atoms with E-state index >= 15 is 0 Å². The maximum Gasteiger partial charge on any atom is 0.118 e. The van der Waals surface area contributed by atoms with Gasteiger partial charge in [-0.25, -0.2) is 0 Å². The minimum atomic E-state index is -0.411. The van der Waals surface area contributed by atoms with Crippen LogP contribution in [0.3, 0.4) is 0 Å². The van der Waals surface area contributed by atoms with Gasteiger partial charge in [0, 0.05) is 4.47 Å². The standard InChI is InChI=1S/C13H12BrNO2/c14-11-3-1-2-10(4-11)13(8-17-9-13)12(5-15)6-16-7-12/h1-4H,6-9H2. The second kappa shape index (κ2) is 3.81.